The van der Waals surface area contributed by atoms with Crippen molar-refractivity contribution in [2.75, 3.05) is 19.6 Å². The molecule has 5 aromatic heterocycles. The van der Waals surface area contributed by atoms with Crippen LogP contribution in [0.25, 0.3) is 0 Å². The lowest BCUT2D eigenvalue weighted by molar-refractivity contribution is -0.0330. The van der Waals surface area contributed by atoms with Crippen LogP contribution >= 0.6 is 15.9 Å². The molecule has 0 radical (unpaired) electrons. The number of carbonyl (C=O) groups excluding carboxylic acids is 1. The number of aryl methyl sites for hydroxylation is 5. The lowest BCUT2D eigenvalue weighted by Crippen LogP contribution is -2.49. The van der Waals surface area contributed by atoms with Gasteiger partial charge in [-0.25, -0.2) is 9.78 Å². The monoisotopic (exact) mass is 1130 g/mol. The van der Waals surface area contributed by atoms with Crippen molar-refractivity contribution in [3.8, 4) is 0 Å². The molecular weight excluding hydrogens is 1040 g/mol. The van der Waals surface area contributed by atoms with E-state index in [1.165, 1.54) is 11.1 Å². The molecule has 3 aliphatic heterocycles. The van der Waals surface area contributed by atoms with Gasteiger partial charge in [0.15, 0.2) is 0 Å². The third-order valence-electron chi connectivity index (χ3n) is 12.8. The highest BCUT2D eigenvalue weighted by Crippen LogP contribution is 2.24. The molecular formula is C59H90BBrN8O8. The topological polar surface area (TPSA) is 209 Å². The Hall–Kier alpha value is -4.76. The summed E-state index contributed by atoms with van der Waals surface area (Å²) in [5.74, 6) is 0. The number of halogens is 1. The first kappa shape index (κ1) is 66.5. The summed E-state index contributed by atoms with van der Waals surface area (Å²) in [4.78, 5) is 36.3. The van der Waals surface area contributed by atoms with Crippen molar-refractivity contribution in [2.24, 2.45) is 0 Å². The third kappa shape index (κ3) is 28.1. The first-order valence-corrected chi connectivity index (χ1v) is 27.9. The summed E-state index contributed by atoms with van der Waals surface area (Å²) < 4.78 is 18.2. The van der Waals surface area contributed by atoms with Crippen molar-refractivity contribution >= 4 is 29.1 Å². The molecule has 0 spiro atoms. The Morgan fingerprint density at radius 2 is 1.14 bits per heavy atom. The number of hydrogen-bond acceptors (Lipinski definition) is 15. The molecule has 16 nitrogen and oxygen atoms in total. The van der Waals surface area contributed by atoms with Crippen molar-refractivity contribution in [3.63, 3.8) is 0 Å². The number of aliphatic hydroxyl groups is 3. The molecule has 3 fully saturated rings. The zero-order chi connectivity index (χ0) is 56.9. The van der Waals surface area contributed by atoms with Gasteiger partial charge in [-0.05, 0) is 232 Å². The Balaban J connectivity index is 0.000000254. The van der Waals surface area contributed by atoms with Gasteiger partial charge in [-0.2, -0.15) is 0 Å². The summed E-state index contributed by atoms with van der Waals surface area (Å²) in [6.45, 7) is 27.8. The molecule has 0 saturated carbocycles. The molecule has 77 heavy (non-hydrogen) atoms. The van der Waals surface area contributed by atoms with E-state index in [2.05, 4.69) is 79.1 Å². The predicted octanol–water partition coefficient (Wildman–Crippen LogP) is 9.85. The fourth-order valence-electron chi connectivity index (χ4n) is 8.71. The standard InChI is InChI=1S/C18H28N2O3.C13H20N2O.C8H11N.C7H16BNO2.C7H9NO.C6H6BrNO/c1-13-10-15(6-8-19-13)12-22-16-7-9-20(14(2)11-16)17(21)23-18(3,4)5;1-10-7-12(3-5-14-10)9-16-13-4-6-15-11(2)8-13;1-3-8-4-5-9-7(2)6-8;1-6-5-7(10)3-4-9(6)8(2)11;1-6-4-7(5-9)2-3-8-6;7-6-3-5(4-9)1-2-8-6/h6,8,10,14,16H,7,9,11-12H2,1-5H3;3,5,7,11,13,15H,4,6,8-9H2,1-2H3;4-6H,3H2,1-2H3;6-7,10-11H,3-5H2,1-2H3;2-4,9H,5H2,1H3;1-3,9H,4H2. The molecule has 6 unspecified atom stereocenters. The third-order valence-corrected chi connectivity index (χ3v) is 13.2. The second kappa shape index (κ2) is 35.7. The van der Waals surface area contributed by atoms with Crippen LogP contribution in [0.3, 0.4) is 0 Å². The molecule has 424 valence electrons. The smallest absolute Gasteiger partial charge is 0.410 e. The Morgan fingerprint density at radius 1 is 0.675 bits per heavy atom. The average molecular weight is 1130 g/mol. The average Bonchev–Trinajstić information content (AvgIpc) is 3.38. The molecule has 5 aromatic rings. The van der Waals surface area contributed by atoms with E-state index in [1.54, 1.807) is 37.4 Å². The second-order valence-electron chi connectivity index (χ2n) is 21.1. The minimum atomic E-state index is -0.455. The van der Waals surface area contributed by atoms with Crippen LogP contribution < -0.4 is 5.32 Å². The van der Waals surface area contributed by atoms with Gasteiger partial charge in [-0.3, -0.25) is 19.9 Å². The Kier molecular flexibility index (Phi) is 30.8. The molecule has 6 atom stereocenters. The fraction of sp³-hybridized carbons (Fsp3) is 0.559. The van der Waals surface area contributed by atoms with Crippen molar-refractivity contribution in [3.05, 3.63) is 147 Å². The Morgan fingerprint density at radius 3 is 1.55 bits per heavy atom. The molecule has 8 heterocycles. The van der Waals surface area contributed by atoms with E-state index in [9.17, 15) is 14.9 Å². The van der Waals surface area contributed by atoms with Crippen LogP contribution in [0, 0.1) is 27.7 Å². The van der Waals surface area contributed by atoms with Crippen LogP contribution in [-0.4, -0.2) is 130 Å². The molecule has 8 rings (SSSR count). The van der Waals surface area contributed by atoms with Crippen LogP contribution in [0.15, 0.2) is 96.3 Å². The van der Waals surface area contributed by atoms with E-state index in [-0.39, 0.29) is 44.6 Å². The van der Waals surface area contributed by atoms with E-state index in [1.807, 2.05) is 114 Å². The number of hydrogen-bond donors (Lipinski definition) is 5. The van der Waals surface area contributed by atoms with E-state index in [0.29, 0.717) is 37.9 Å². The zero-order valence-electron chi connectivity index (χ0n) is 48.0. The number of carbonyl (C=O) groups is 1. The van der Waals surface area contributed by atoms with Crippen molar-refractivity contribution in [1.82, 2.24) is 39.9 Å². The quantitative estimate of drug-likeness (QED) is 0.0651. The largest absolute Gasteiger partial charge is 0.444 e. The molecule has 3 saturated heterocycles. The molecule has 5 N–H and O–H groups in total. The molecule has 0 bridgehead atoms. The summed E-state index contributed by atoms with van der Waals surface area (Å²) in [6.07, 6.45) is 15.6. The zero-order valence-corrected chi connectivity index (χ0v) is 49.6. The number of nitrogens with zero attached hydrogens (tertiary/aromatic N) is 7. The number of aliphatic hydroxyl groups excluding tert-OH is 3. The molecule has 0 aromatic carbocycles. The summed E-state index contributed by atoms with van der Waals surface area (Å²) in [5.41, 5.74) is 9.17. The van der Waals surface area contributed by atoms with Gasteiger partial charge in [0.25, 0.3) is 0 Å². The first-order valence-electron chi connectivity index (χ1n) is 27.1. The highest BCUT2D eigenvalue weighted by Gasteiger charge is 2.32. The van der Waals surface area contributed by atoms with Crippen LogP contribution in [0.5, 0.6) is 0 Å². The van der Waals surface area contributed by atoms with Crippen molar-refractivity contribution in [2.45, 2.75) is 196 Å². The predicted molar refractivity (Wildman–Crippen MR) is 310 cm³/mol. The van der Waals surface area contributed by atoms with Crippen LogP contribution in [0.1, 0.15) is 138 Å². The molecule has 18 heteroatoms. The van der Waals surface area contributed by atoms with Gasteiger partial charge < -0.3 is 49.6 Å². The number of piperidine rings is 3. The number of likely N-dealkylation sites (tertiary alicyclic amines) is 1. The first-order chi connectivity index (χ1) is 36.6. The number of rotatable bonds is 10. The molecule has 3 aliphatic rings. The summed E-state index contributed by atoms with van der Waals surface area (Å²) in [5, 5.41) is 39.2. The molecule has 0 aliphatic carbocycles. The van der Waals surface area contributed by atoms with Crippen LogP contribution in [-0.2, 0) is 47.1 Å². The molecule has 1 amide bonds. The lowest BCUT2D eigenvalue weighted by atomic mass is 9.80. The number of aromatic nitrogens is 5. The highest BCUT2D eigenvalue weighted by atomic mass is 79.9. The summed E-state index contributed by atoms with van der Waals surface area (Å²) in [7, 11) is -0.377. The van der Waals surface area contributed by atoms with E-state index < -0.39 is 5.60 Å². The normalized spacial score (nSPS) is 20.1. The van der Waals surface area contributed by atoms with Gasteiger partial charge in [0.2, 0.25) is 0 Å². The number of pyridine rings is 5. The minimum Gasteiger partial charge on any atom is -0.444 e. The van der Waals surface area contributed by atoms with E-state index >= 15 is 0 Å². The summed E-state index contributed by atoms with van der Waals surface area (Å²) in [6, 6.07) is 20.5. The van der Waals surface area contributed by atoms with Gasteiger partial charge in [0.05, 0.1) is 44.7 Å². The lowest BCUT2D eigenvalue weighted by Gasteiger charge is -2.38. The second-order valence-corrected chi connectivity index (χ2v) is 21.9. The minimum absolute atomic E-state index is 0.0706. The number of nitrogens with one attached hydrogen (secondary N) is 1. The summed E-state index contributed by atoms with van der Waals surface area (Å²) >= 11 is 3.18. The van der Waals surface area contributed by atoms with Gasteiger partial charge >= 0.3 is 13.1 Å². The van der Waals surface area contributed by atoms with Gasteiger partial charge in [-0.1, -0.05) is 13.8 Å². The highest BCUT2D eigenvalue weighted by molar-refractivity contribution is 9.10. The van der Waals surface area contributed by atoms with Gasteiger partial charge in [0.1, 0.15) is 10.2 Å². The Labute approximate surface area is 469 Å². The fourth-order valence-corrected chi connectivity index (χ4v) is 9.13. The number of ether oxygens (including phenoxy) is 3. The van der Waals surface area contributed by atoms with Crippen molar-refractivity contribution < 1.29 is 39.3 Å². The van der Waals surface area contributed by atoms with Gasteiger partial charge in [0, 0.05) is 78.4 Å². The maximum absolute atomic E-state index is 12.2. The SMILES string of the molecule is CB(O)N1CCC(O)CC1C.CCc1ccnc(C)c1.Cc1cc(CO)ccn1.Cc1cc(COC2CCN(C(=O)OC(C)(C)C)C(C)C2)ccn1.Cc1cc(COC2CCNC(C)C2)ccn1.OCc1ccnc(Br)c1. The van der Waals surface area contributed by atoms with Gasteiger partial charge in [-0.15, -0.1) is 0 Å². The van der Waals surface area contributed by atoms with Crippen LogP contribution in [0.2, 0.25) is 6.82 Å². The van der Waals surface area contributed by atoms with E-state index in [0.717, 1.165) is 102 Å². The maximum Gasteiger partial charge on any atom is 0.410 e. The van der Waals surface area contributed by atoms with Crippen molar-refractivity contribution in [1.29, 1.82) is 0 Å². The maximum atomic E-state index is 12.2. The Bertz CT molecular complexity index is 2330. The van der Waals surface area contributed by atoms with Crippen LogP contribution in [0.4, 0.5) is 4.79 Å². The number of amides is 1. The van der Waals surface area contributed by atoms with E-state index in [4.69, 9.17) is 24.4 Å².